The lowest BCUT2D eigenvalue weighted by molar-refractivity contribution is -0.132. The van der Waals surface area contributed by atoms with Crippen LogP contribution < -0.4 is 9.64 Å². The van der Waals surface area contributed by atoms with Crippen LogP contribution in [0, 0.1) is 12.7 Å². The number of benzene rings is 2. The van der Waals surface area contributed by atoms with Gasteiger partial charge < -0.3 is 9.84 Å². The molecule has 3 aromatic rings. The van der Waals surface area contributed by atoms with Crippen LogP contribution in [0.5, 0.6) is 5.75 Å². The molecule has 0 unspecified atom stereocenters. The lowest BCUT2D eigenvalue weighted by atomic mass is 9.95. The summed E-state index contributed by atoms with van der Waals surface area (Å²) in [7, 11) is 1.53. The predicted octanol–water partition coefficient (Wildman–Crippen LogP) is 3.62. The number of halogens is 1. The number of aliphatic hydroxyl groups is 1. The highest BCUT2D eigenvalue weighted by molar-refractivity contribution is 7.15. The van der Waals surface area contributed by atoms with Gasteiger partial charge >= 0.3 is 5.91 Å². The highest BCUT2D eigenvalue weighted by Gasteiger charge is 2.48. The van der Waals surface area contributed by atoms with E-state index < -0.39 is 29.3 Å². The Kier molecular flexibility index (Phi) is 5.04. The van der Waals surface area contributed by atoms with Crippen LogP contribution in [-0.4, -0.2) is 34.1 Å². The molecule has 30 heavy (non-hydrogen) atoms. The van der Waals surface area contributed by atoms with Crippen molar-refractivity contribution >= 4 is 33.9 Å². The zero-order chi connectivity index (χ0) is 21.4. The fourth-order valence-electron chi connectivity index (χ4n) is 3.28. The van der Waals surface area contributed by atoms with Crippen molar-refractivity contribution in [3.63, 3.8) is 0 Å². The Labute approximate surface area is 175 Å². The Balaban J connectivity index is 1.92. The molecule has 0 aliphatic carbocycles. The number of aryl methyl sites for hydroxylation is 1. The summed E-state index contributed by atoms with van der Waals surface area (Å²) in [6.45, 7) is 1.73. The van der Waals surface area contributed by atoms with Gasteiger partial charge in [-0.1, -0.05) is 23.5 Å². The molecule has 2 aromatic carbocycles. The van der Waals surface area contributed by atoms with E-state index in [1.807, 2.05) is 0 Å². The minimum absolute atomic E-state index is 0.107. The summed E-state index contributed by atoms with van der Waals surface area (Å²) in [5.74, 6) is -1.96. The molecule has 0 radical (unpaired) electrons. The summed E-state index contributed by atoms with van der Waals surface area (Å²) < 4.78 is 18.5. The van der Waals surface area contributed by atoms with E-state index in [1.165, 1.54) is 36.3 Å². The first-order chi connectivity index (χ1) is 14.4. The van der Waals surface area contributed by atoms with Crippen LogP contribution in [0.1, 0.15) is 22.2 Å². The first kappa shape index (κ1) is 19.7. The van der Waals surface area contributed by atoms with Gasteiger partial charge in [0.25, 0.3) is 5.78 Å². The molecule has 9 heteroatoms. The molecule has 152 valence electrons. The van der Waals surface area contributed by atoms with Crippen LogP contribution in [0.2, 0.25) is 0 Å². The van der Waals surface area contributed by atoms with Crippen molar-refractivity contribution < 1.29 is 23.8 Å². The maximum absolute atomic E-state index is 13.3. The lowest BCUT2D eigenvalue weighted by Gasteiger charge is -2.22. The largest absolute Gasteiger partial charge is 0.507 e. The van der Waals surface area contributed by atoms with E-state index >= 15 is 0 Å². The predicted molar refractivity (Wildman–Crippen MR) is 109 cm³/mol. The van der Waals surface area contributed by atoms with Gasteiger partial charge in [-0.15, -0.1) is 10.2 Å². The Morgan fingerprint density at radius 2 is 1.77 bits per heavy atom. The number of aliphatic hydroxyl groups excluding tert-OH is 1. The van der Waals surface area contributed by atoms with Gasteiger partial charge in [0, 0.05) is 5.56 Å². The highest BCUT2D eigenvalue weighted by atomic mass is 32.1. The molecular weight excluding hydrogens is 409 g/mol. The topological polar surface area (TPSA) is 92.6 Å². The third kappa shape index (κ3) is 3.33. The minimum atomic E-state index is -0.923. The number of ether oxygens (including phenoxy) is 1. The number of nitrogens with zero attached hydrogens (tertiary/aromatic N) is 3. The van der Waals surface area contributed by atoms with Crippen molar-refractivity contribution in [1.29, 1.82) is 0 Å². The smallest absolute Gasteiger partial charge is 0.301 e. The number of Topliss-reactive ketones (excluding diaryl/α,β-unsaturated/α-hetero) is 1. The van der Waals surface area contributed by atoms with Crippen LogP contribution in [0.4, 0.5) is 9.52 Å². The van der Waals surface area contributed by atoms with E-state index in [0.29, 0.717) is 16.3 Å². The second-order valence-electron chi connectivity index (χ2n) is 6.55. The molecular formula is C21H16FN3O4S. The zero-order valence-corrected chi connectivity index (χ0v) is 16.8. The van der Waals surface area contributed by atoms with Gasteiger partial charge in [0.2, 0.25) is 5.13 Å². The molecule has 0 saturated carbocycles. The van der Waals surface area contributed by atoms with Gasteiger partial charge in [0.05, 0.1) is 18.7 Å². The third-order valence-electron chi connectivity index (χ3n) is 4.72. The molecule has 7 nitrogen and oxygen atoms in total. The maximum Gasteiger partial charge on any atom is 0.301 e. The molecule has 0 bridgehead atoms. The number of amides is 1. The summed E-state index contributed by atoms with van der Waals surface area (Å²) in [5, 5.41) is 19.7. The second-order valence-corrected chi connectivity index (χ2v) is 7.71. The van der Waals surface area contributed by atoms with Gasteiger partial charge in [0.15, 0.2) is 0 Å². The number of aromatic nitrogens is 2. The number of ketones is 1. The minimum Gasteiger partial charge on any atom is -0.507 e. The van der Waals surface area contributed by atoms with Crippen molar-refractivity contribution in [3.8, 4) is 5.75 Å². The average Bonchev–Trinajstić information content (AvgIpc) is 3.29. The third-order valence-corrected chi connectivity index (χ3v) is 5.55. The normalized spacial score (nSPS) is 18.1. The van der Waals surface area contributed by atoms with E-state index in [-0.39, 0.29) is 16.3 Å². The molecule has 4 rings (SSSR count). The molecule has 2 heterocycles. The summed E-state index contributed by atoms with van der Waals surface area (Å²) in [5.41, 5.74) is 0.692. The van der Waals surface area contributed by atoms with Gasteiger partial charge in [-0.25, -0.2) is 4.39 Å². The second kappa shape index (κ2) is 7.68. The molecule has 1 aromatic heterocycles. The first-order valence-corrected chi connectivity index (χ1v) is 9.73. The number of anilines is 1. The monoisotopic (exact) mass is 425 g/mol. The van der Waals surface area contributed by atoms with Gasteiger partial charge in [-0.2, -0.15) is 0 Å². The zero-order valence-electron chi connectivity index (χ0n) is 16.0. The van der Waals surface area contributed by atoms with Crippen molar-refractivity contribution in [2.24, 2.45) is 0 Å². The summed E-state index contributed by atoms with van der Waals surface area (Å²) in [6.07, 6.45) is 0. The van der Waals surface area contributed by atoms with Crippen LogP contribution in [-0.2, 0) is 9.59 Å². The fourth-order valence-corrected chi connectivity index (χ4v) is 3.99. The Morgan fingerprint density at radius 1 is 1.10 bits per heavy atom. The molecule has 1 atom stereocenters. The van der Waals surface area contributed by atoms with Crippen LogP contribution in [0.3, 0.4) is 0 Å². The van der Waals surface area contributed by atoms with Gasteiger partial charge in [-0.05, 0) is 48.9 Å². The van der Waals surface area contributed by atoms with E-state index in [4.69, 9.17) is 4.74 Å². The van der Waals surface area contributed by atoms with E-state index in [2.05, 4.69) is 10.2 Å². The fraction of sp³-hybridized carbons (Fsp3) is 0.143. The molecule has 1 aliphatic heterocycles. The first-order valence-electron chi connectivity index (χ1n) is 8.91. The molecule has 1 fully saturated rings. The van der Waals surface area contributed by atoms with Crippen molar-refractivity contribution in [1.82, 2.24) is 10.2 Å². The van der Waals surface area contributed by atoms with Gasteiger partial charge in [-0.3, -0.25) is 14.5 Å². The number of hydrogen-bond donors (Lipinski definition) is 1. The van der Waals surface area contributed by atoms with Crippen molar-refractivity contribution in [2.45, 2.75) is 13.0 Å². The Bertz CT molecular complexity index is 1160. The standard InChI is InChI=1S/C21H16FN3O4S/c1-11-23-24-21(30-11)25-17(12-5-9-15(29-2)10-6-12)16(19(27)20(25)28)18(26)13-3-7-14(22)8-4-13/h3-10,17,26H,1-2H3/b18-16+/t17-/m0/s1. The molecule has 1 N–H and O–H groups in total. The van der Waals surface area contributed by atoms with Gasteiger partial charge in [0.1, 0.15) is 22.3 Å². The van der Waals surface area contributed by atoms with Crippen LogP contribution >= 0.6 is 11.3 Å². The van der Waals surface area contributed by atoms with Crippen molar-refractivity contribution in [2.75, 3.05) is 12.0 Å². The molecule has 1 amide bonds. The molecule has 0 spiro atoms. The number of carbonyl (C=O) groups excluding carboxylic acids is 2. The van der Waals surface area contributed by atoms with E-state index in [9.17, 15) is 19.1 Å². The van der Waals surface area contributed by atoms with E-state index in [1.54, 1.807) is 31.2 Å². The Morgan fingerprint density at radius 3 is 2.33 bits per heavy atom. The maximum atomic E-state index is 13.3. The number of rotatable bonds is 4. The quantitative estimate of drug-likeness (QED) is 0.390. The molecule has 1 aliphatic rings. The van der Waals surface area contributed by atoms with E-state index in [0.717, 1.165) is 11.3 Å². The summed E-state index contributed by atoms with van der Waals surface area (Å²) in [6, 6.07) is 10.9. The number of carbonyl (C=O) groups is 2. The summed E-state index contributed by atoms with van der Waals surface area (Å²) in [4.78, 5) is 27.1. The van der Waals surface area contributed by atoms with Crippen LogP contribution in [0.15, 0.2) is 54.1 Å². The number of hydrogen-bond acceptors (Lipinski definition) is 7. The van der Waals surface area contributed by atoms with Crippen LogP contribution in [0.25, 0.3) is 5.76 Å². The lowest BCUT2D eigenvalue weighted by Crippen LogP contribution is -2.29. The molecule has 1 saturated heterocycles. The number of methoxy groups -OCH3 is 1. The van der Waals surface area contributed by atoms with Crippen molar-refractivity contribution in [3.05, 3.63) is 76.1 Å². The highest BCUT2D eigenvalue weighted by Crippen LogP contribution is 2.43. The average molecular weight is 425 g/mol. The summed E-state index contributed by atoms with van der Waals surface area (Å²) >= 11 is 1.16. The SMILES string of the molecule is COc1ccc([C@H]2/C(=C(\O)c3ccc(F)cc3)C(=O)C(=O)N2c2nnc(C)s2)cc1. The Hall–Kier alpha value is -3.59.